The number of hydrogen-bond acceptors (Lipinski definition) is 3. The second-order valence-electron chi connectivity index (χ2n) is 3.73. The second kappa shape index (κ2) is 4.46. The van der Waals surface area contributed by atoms with Gasteiger partial charge in [0.05, 0.1) is 0 Å². The molecule has 0 bridgehead atoms. The van der Waals surface area contributed by atoms with Gasteiger partial charge in [-0.3, -0.25) is 0 Å². The normalized spacial score (nSPS) is 26.3. The zero-order chi connectivity index (χ0) is 9.80. The van der Waals surface area contributed by atoms with Gasteiger partial charge in [0.25, 0.3) is 0 Å². The van der Waals surface area contributed by atoms with Crippen molar-refractivity contribution in [2.75, 3.05) is 5.32 Å². The minimum Gasteiger partial charge on any atom is -0.367 e. The van der Waals surface area contributed by atoms with Gasteiger partial charge < -0.3 is 10.5 Å². The summed E-state index contributed by atoms with van der Waals surface area (Å²) in [6.45, 7) is 0. The molecule has 2 unspecified atom stereocenters. The number of nitrogens with one attached hydrogen (secondary N) is 2. The van der Waals surface area contributed by atoms with Crippen LogP contribution in [0, 0.1) is 0 Å². The van der Waals surface area contributed by atoms with E-state index in [1.54, 1.807) is 6.20 Å². The minimum atomic E-state index is 0.455. The molecule has 1 heterocycles. The van der Waals surface area contributed by atoms with E-state index >= 15 is 0 Å². The highest BCUT2D eigenvalue weighted by Gasteiger charge is 2.22. The van der Waals surface area contributed by atoms with Crippen LogP contribution in [0.1, 0.15) is 19.3 Å². The van der Waals surface area contributed by atoms with Gasteiger partial charge in [0, 0.05) is 12.2 Å². The van der Waals surface area contributed by atoms with E-state index in [-0.39, 0.29) is 0 Å². The summed E-state index contributed by atoms with van der Waals surface area (Å²) in [5, 5.41) is 6.22. The number of pyridine rings is 1. The van der Waals surface area contributed by atoms with Crippen molar-refractivity contribution in [3.05, 3.63) is 24.4 Å². The maximum absolute atomic E-state index is 5.40. The van der Waals surface area contributed by atoms with Gasteiger partial charge in [-0.05, 0) is 37.4 Å². The fraction of sp³-hybridized carbons (Fsp3) is 0.500. The summed E-state index contributed by atoms with van der Waals surface area (Å²) in [5.74, 6) is 0.954. The number of rotatable bonds is 3. The third kappa shape index (κ3) is 2.26. The average molecular weight is 187 g/mol. The SMILES string of the molecule is [B]NC1CCC(Nc2ccccn2)C1. The lowest BCUT2D eigenvalue weighted by Crippen LogP contribution is -2.25. The van der Waals surface area contributed by atoms with Gasteiger partial charge in [-0.25, -0.2) is 4.98 Å². The molecule has 3 nitrogen and oxygen atoms in total. The molecule has 2 N–H and O–H groups in total. The monoisotopic (exact) mass is 187 g/mol. The summed E-state index contributed by atoms with van der Waals surface area (Å²) < 4.78 is 0. The lowest BCUT2D eigenvalue weighted by Gasteiger charge is -2.13. The third-order valence-corrected chi connectivity index (χ3v) is 2.69. The summed E-state index contributed by atoms with van der Waals surface area (Å²) in [5.41, 5.74) is 0. The van der Waals surface area contributed by atoms with Crippen molar-refractivity contribution in [3.8, 4) is 0 Å². The van der Waals surface area contributed by atoms with Crippen LogP contribution in [-0.4, -0.2) is 25.0 Å². The van der Waals surface area contributed by atoms with Crippen LogP contribution in [-0.2, 0) is 0 Å². The van der Waals surface area contributed by atoms with E-state index < -0.39 is 0 Å². The first-order valence-electron chi connectivity index (χ1n) is 5.02. The first-order chi connectivity index (χ1) is 6.88. The molecule has 2 radical (unpaired) electrons. The first kappa shape index (κ1) is 9.53. The number of aromatic nitrogens is 1. The molecule has 0 aliphatic heterocycles. The van der Waals surface area contributed by atoms with Crippen LogP contribution < -0.4 is 10.5 Å². The third-order valence-electron chi connectivity index (χ3n) is 2.69. The van der Waals surface area contributed by atoms with Gasteiger partial charge >= 0.3 is 0 Å². The van der Waals surface area contributed by atoms with Crippen molar-refractivity contribution in [1.29, 1.82) is 0 Å². The maximum atomic E-state index is 5.40. The van der Waals surface area contributed by atoms with E-state index in [0.717, 1.165) is 25.1 Å². The maximum Gasteiger partial charge on any atom is 0.178 e. The predicted octanol–water partition coefficient (Wildman–Crippen LogP) is 1.09. The van der Waals surface area contributed by atoms with Crippen LogP contribution in [0.15, 0.2) is 24.4 Å². The zero-order valence-electron chi connectivity index (χ0n) is 8.11. The lowest BCUT2D eigenvalue weighted by molar-refractivity contribution is 0.639. The van der Waals surface area contributed by atoms with Crippen molar-refractivity contribution in [2.45, 2.75) is 31.3 Å². The van der Waals surface area contributed by atoms with Gasteiger partial charge in [0.2, 0.25) is 0 Å². The topological polar surface area (TPSA) is 37.0 Å². The van der Waals surface area contributed by atoms with E-state index in [1.165, 1.54) is 0 Å². The van der Waals surface area contributed by atoms with Crippen LogP contribution in [0.5, 0.6) is 0 Å². The molecule has 1 aromatic heterocycles. The lowest BCUT2D eigenvalue weighted by atomic mass is 10.2. The Kier molecular flexibility index (Phi) is 3.04. The molecule has 4 heteroatoms. The smallest absolute Gasteiger partial charge is 0.178 e. The summed E-state index contributed by atoms with van der Waals surface area (Å²) >= 11 is 0. The molecule has 0 aromatic carbocycles. The van der Waals surface area contributed by atoms with Gasteiger partial charge in [-0.2, -0.15) is 0 Å². The van der Waals surface area contributed by atoms with Crippen LogP contribution in [0.3, 0.4) is 0 Å². The Morgan fingerprint density at radius 3 is 2.79 bits per heavy atom. The highest BCUT2D eigenvalue weighted by atomic mass is 15.0. The Morgan fingerprint density at radius 1 is 1.29 bits per heavy atom. The van der Waals surface area contributed by atoms with Gasteiger partial charge in [-0.15, -0.1) is 0 Å². The van der Waals surface area contributed by atoms with Crippen LogP contribution in [0.25, 0.3) is 0 Å². The summed E-state index contributed by atoms with van der Waals surface area (Å²) in [6.07, 6.45) is 5.18. The van der Waals surface area contributed by atoms with E-state index in [2.05, 4.69) is 15.5 Å². The minimum absolute atomic E-state index is 0.455. The Hall–Kier alpha value is -1.03. The molecule has 72 valence electrons. The standard InChI is InChI=1S/C10H14BN3/c11-14-9-5-4-8(7-9)13-10-3-1-2-6-12-10/h1-3,6,8-9,14H,4-5,7H2,(H,12,13). The molecular weight excluding hydrogens is 173 g/mol. The molecule has 1 saturated carbocycles. The van der Waals surface area contributed by atoms with E-state index in [1.807, 2.05) is 18.2 Å². The summed E-state index contributed by atoms with van der Waals surface area (Å²) in [7, 11) is 5.40. The summed E-state index contributed by atoms with van der Waals surface area (Å²) in [4.78, 5) is 4.23. The average Bonchev–Trinajstić information content (AvgIpc) is 2.67. The number of nitrogens with zero attached hydrogens (tertiary/aromatic N) is 1. The Labute approximate surface area is 85.7 Å². The van der Waals surface area contributed by atoms with Crippen LogP contribution in [0.4, 0.5) is 5.82 Å². The van der Waals surface area contributed by atoms with Gasteiger partial charge in [0.15, 0.2) is 7.98 Å². The fourth-order valence-corrected chi connectivity index (χ4v) is 1.92. The van der Waals surface area contributed by atoms with Gasteiger partial charge in [-0.1, -0.05) is 6.07 Å². The zero-order valence-corrected chi connectivity index (χ0v) is 8.11. The highest BCUT2D eigenvalue weighted by Crippen LogP contribution is 2.21. The van der Waals surface area contributed by atoms with Crippen molar-refractivity contribution >= 4 is 13.8 Å². The molecule has 1 fully saturated rings. The molecule has 14 heavy (non-hydrogen) atoms. The van der Waals surface area contributed by atoms with Crippen molar-refractivity contribution < 1.29 is 0 Å². The fourth-order valence-electron chi connectivity index (χ4n) is 1.92. The number of hydrogen-bond donors (Lipinski definition) is 2. The molecule has 0 spiro atoms. The first-order valence-corrected chi connectivity index (χ1v) is 5.02. The van der Waals surface area contributed by atoms with E-state index in [0.29, 0.717) is 12.1 Å². The van der Waals surface area contributed by atoms with Crippen molar-refractivity contribution in [1.82, 2.24) is 10.2 Å². The quantitative estimate of drug-likeness (QED) is 0.695. The van der Waals surface area contributed by atoms with E-state index in [4.69, 9.17) is 7.98 Å². The Morgan fingerprint density at radius 2 is 2.14 bits per heavy atom. The molecule has 0 saturated heterocycles. The van der Waals surface area contributed by atoms with Crippen molar-refractivity contribution in [3.63, 3.8) is 0 Å². The van der Waals surface area contributed by atoms with Crippen LogP contribution >= 0.6 is 0 Å². The van der Waals surface area contributed by atoms with E-state index in [9.17, 15) is 0 Å². The molecular formula is C10H14BN3. The number of anilines is 1. The van der Waals surface area contributed by atoms with Gasteiger partial charge in [0.1, 0.15) is 5.82 Å². The molecule has 1 aliphatic carbocycles. The molecule has 2 rings (SSSR count). The summed E-state index contributed by atoms with van der Waals surface area (Å²) in [6, 6.07) is 6.86. The Balaban J connectivity index is 1.88. The molecule has 1 aromatic rings. The van der Waals surface area contributed by atoms with Crippen molar-refractivity contribution in [2.24, 2.45) is 0 Å². The predicted molar refractivity (Wildman–Crippen MR) is 58.2 cm³/mol. The molecule has 1 aliphatic rings. The second-order valence-corrected chi connectivity index (χ2v) is 3.73. The van der Waals surface area contributed by atoms with Crippen LogP contribution in [0.2, 0.25) is 0 Å². The highest BCUT2D eigenvalue weighted by molar-refractivity contribution is 6.04. The Bertz CT molecular complexity index is 278. The molecule has 2 atom stereocenters. The largest absolute Gasteiger partial charge is 0.367 e. The molecule has 0 amide bonds.